The van der Waals surface area contributed by atoms with Gasteiger partial charge in [0.05, 0.1) is 0 Å². The number of hydrogen-bond donors (Lipinski definition) is 1. The number of imide groups is 1. The van der Waals surface area contributed by atoms with E-state index in [1.165, 1.54) is 0 Å². The third-order valence-corrected chi connectivity index (χ3v) is 5.66. The first-order valence-corrected chi connectivity index (χ1v) is 10.2. The van der Waals surface area contributed by atoms with Crippen molar-refractivity contribution in [3.8, 4) is 11.4 Å². The molecular weight excluding hydrogens is 402 g/mol. The van der Waals surface area contributed by atoms with Crippen molar-refractivity contribution in [3.05, 3.63) is 30.4 Å². The van der Waals surface area contributed by atoms with Crippen LogP contribution in [0.4, 0.5) is 4.79 Å². The summed E-state index contributed by atoms with van der Waals surface area (Å²) in [6.45, 7) is 5.52. The van der Waals surface area contributed by atoms with Crippen molar-refractivity contribution in [1.29, 1.82) is 0 Å². The smallest absolute Gasteiger partial charge is 0.326 e. The number of esters is 1. The summed E-state index contributed by atoms with van der Waals surface area (Å²) in [5.74, 6) is -0.394. The van der Waals surface area contributed by atoms with Crippen LogP contribution in [0.15, 0.2) is 29.0 Å². The second kappa shape index (κ2) is 7.75. The fourth-order valence-electron chi connectivity index (χ4n) is 4.89. The Hall–Kier alpha value is -3.30. The molecule has 3 amide bonds. The van der Waals surface area contributed by atoms with E-state index in [1.54, 1.807) is 24.5 Å². The normalized spacial score (nSPS) is 25.0. The molecule has 0 radical (unpaired) electrons. The fourth-order valence-corrected chi connectivity index (χ4v) is 4.89. The monoisotopic (exact) mass is 427 g/mol. The lowest BCUT2D eigenvalue weighted by Gasteiger charge is -2.43. The van der Waals surface area contributed by atoms with E-state index in [1.807, 2.05) is 0 Å². The van der Waals surface area contributed by atoms with E-state index in [2.05, 4.69) is 41.2 Å². The van der Waals surface area contributed by atoms with Gasteiger partial charge in [0.15, 0.2) is 6.61 Å². The summed E-state index contributed by atoms with van der Waals surface area (Å²) in [5.41, 5.74) is -0.372. The van der Waals surface area contributed by atoms with Crippen molar-refractivity contribution in [3.63, 3.8) is 0 Å². The van der Waals surface area contributed by atoms with Crippen LogP contribution >= 0.6 is 0 Å². The zero-order chi connectivity index (χ0) is 22.2. The highest BCUT2D eigenvalue weighted by Crippen LogP contribution is 2.46. The number of aromatic nitrogens is 3. The van der Waals surface area contributed by atoms with Gasteiger partial charge in [-0.3, -0.25) is 19.5 Å². The zero-order valence-corrected chi connectivity index (χ0v) is 17.8. The Labute approximate surface area is 179 Å². The van der Waals surface area contributed by atoms with Gasteiger partial charge < -0.3 is 14.6 Å². The lowest BCUT2D eigenvalue weighted by Crippen LogP contribution is -2.54. The number of urea groups is 1. The summed E-state index contributed by atoms with van der Waals surface area (Å²) < 4.78 is 10.2. The third kappa shape index (κ3) is 4.28. The minimum absolute atomic E-state index is 0.0823. The van der Waals surface area contributed by atoms with E-state index in [-0.39, 0.29) is 29.7 Å². The molecule has 164 valence electrons. The molecule has 1 saturated carbocycles. The van der Waals surface area contributed by atoms with Crippen LogP contribution in [0.25, 0.3) is 11.4 Å². The maximum atomic E-state index is 13.1. The lowest BCUT2D eigenvalue weighted by molar-refractivity contribution is -0.150. The summed E-state index contributed by atoms with van der Waals surface area (Å²) in [4.78, 5) is 46.9. The summed E-state index contributed by atoms with van der Waals surface area (Å²) in [6, 6.07) is 2.95. The molecule has 4 rings (SSSR count). The molecule has 1 saturated heterocycles. The van der Waals surface area contributed by atoms with Crippen LogP contribution in [0.2, 0.25) is 0 Å². The SMILES string of the molecule is CC1CC(C)(C)CC2(C1)NC(=O)N(CC(=O)OCc1nc(-c3cccnc3)no1)C2=O. The Morgan fingerprint density at radius 1 is 1.35 bits per heavy atom. The van der Waals surface area contributed by atoms with E-state index >= 15 is 0 Å². The Morgan fingerprint density at radius 3 is 2.87 bits per heavy atom. The molecule has 1 spiro atoms. The zero-order valence-electron chi connectivity index (χ0n) is 17.8. The molecule has 2 atom stereocenters. The van der Waals surface area contributed by atoms with Crippen LogP contribution in [0, 0.1) is 11.3 Å². The number of nitrogens with one attached hydrogen (secondary N) is 1. The Kier molecular flexibility index (Phi) is 5.24. The molecule has 1 N–H and O–H groups in total. The van der Waals surface area contributed by atoms with Gasteiger partial charge in [-0.2, -0.15) is 4.98 Å². The number of ether oxygens (including phenoxy) is 1. The second-order valence-electron chi connectivity index (χ2n) is 9.17. The predicted octanol–water partition coefficient (Wildman–Crippen LogP) is 2.31. The van der Waals surface area contributed by atoms with Crippen molar-refractivity contribution in [1.82, 2.24) is 25.3 Å². The van der Waals surface area contributed by atoms with Gasteiger partial charge >= 0.3 is 12.0 Å². The number of rotatable bonds is 5. The van der Waals surface area contributed by atoms with E-state index in [0.717, 1.165) is 11.3 Å². The predicted molar refractivity (Wildman–Crippen MR) is 107 cm³/mol. The molecule has 31 heavy (non-hydrogen) atoms. The molecule has 10 heteroatoms. The first-order chi connectivity index (χ1) is 14.7. The van der Waals surface area contributed by atoms with Crippen molar-refractivity contribution >= 4 is 17.9 Å². The number of carbonyl (C=O) groups excluding carboxylic acids is 3. The maximum Gasteiger partial charge on any atom is 0.326 e. The van der Waals surface area contributed by atoms with Crippen molar-refractivity contribution in [2.24, 2.45) is 11.3 Å². The topological polar surface area (TPSA) is 128 Å². The molecule has 2 aromatic heterocycles. The van der Waals surface area contributed by atoms with Gasteiger partial charge in [-0.05, 0) is 42.7 Å². The molecule has 0 bridgehead atoms. The van der Waals surface area contributed by atoms with E-state index < -0.39 is 24.1 Å². The van der Waals surface area contributed by atoms with Gasteiger partial charge in [0, 0.05) is 18.0 Å². The number of hydrogen-bond acceptors (Lipinski definition) is 8. The molecule has 10 nitrogen and oxygen atoms in total. The summed E-state index contributed by atoms with van der Waals surface area (Å²) >= 11 is 0. The van der Waals surface area contributed by atoms with Crippen molar-refractivity contribution in [2.45, 2.75) is 52.2 Å². The van der Waals surface area contributed by atoms with Crippen molar-refractivity contribution in [2.75, 3.05) is 6.54 Å². The highest BCUT2D eigenvalue weighted by atomic mass is 16.6. The van der Waals surface area contributed by atoms with Crippen LogP contribution in [-0.2, 0) is 20.9 Å². The molecular formula is C21H25N5O5. The highest BCUT2D eigenvalue weighted by Gasteiger charge is 2.56. The Morgan fingerprint density at radius 2 is 2.16 bits per heavy atom. The van der Waals surface area contributed by atoms with E-state index in [4.69, 9.17) is 9.26 Å². The third-order valence-electron chi connectivity index (χ3n) is 5.66. The average molecular weight is 427 g/mol. The first kappa shape index (κ1) is 21.0. The minimum atomic E-state index is -0.955. The fraction of sp³-hybridized carbons (Fsp3) is 0.524. The molecule has 2 aromatic rings. The van der Waals surface area contributed by atoms with Crippen LogP contribution in [0.1, 0.15) is 45.9 Å². The van der Waals surface area contributed by atoms with Gasteiger partial charge in [0.25, 0.3) is 11.8 Å². The van der Waals surface area contributed by atoms with Crippen LogP contribution in [0.3, 0.4) is 0 Å². The number of carbonyl (C=O) groups is 3. The number of nitrogens with zero attached hydrogens (tertiary/aromatic N) is 4. The molecule has 2 fully saturated rings. The quantitative estimate of drug-likeness (QED) is 0.569. The van der Waals surface area contributed by atoms with Crippen LogP contribution < -0.4 is 5.32 Å². The van der Waals surface area contributed by atoms with E-state index in [9.17, 15) is 14.4 Å². The van der Waals surface area contributed by atoms with Gasteiger partial charge in [-0.25, -0.2) is 4.79 Å². The molecule has 1 aliphatic carbocycles. The van der Waals surface area contributed by atoms with Gasteiger partial charge in [0.1, 0.15) is 12.1 Å². The van der Waals surface area contributed by atoms with Gasteiger partial charge in [-0.1, -0.05) is 25.9 Å². The summed E-state index contributed by atoms with van der Waals surface area (Å²) in [7, 11) is 0. The summed E-state index contributed by atoms with van der Waals surface area (Å²) in [5, 5.41) is 6.66. The number of amides is 3. The van der Waals surface area contributed by atoms with Gasteiger partial charge in [0.2, 0.25) is 5.82 Å². The van der Waals surface area contributed by atoms with Crippen molar-refractivity contribution < 1.29 is 23.6 Å². The highest BCUT2D eigenvalue weighted by molar-refractivity contribution is 6.08. The second-order valence-corrected chi connectivity index (χ2v) is 9.17. The molecule has 2 unspecified atom stereocenters. The van der Waals surface area contributed by atoms with Crippen LogP contribution in [-0.4, -0.2) is 50.0 Å². The number of pyridine rings is 1. The van der Waals surface area contributed by atoms with Gasteiger partial charge in [-0.15, -0.1) is 0 Å². The molecule has 2 aliphatic rings. The average Bonchev–Trinajstić information content (AvgIpc) is 3.25. The Bertz CT molecular complexity index is 1000. The Balaban J connectivity index is 1.36. The van der Waals surface area contributed by atoms with E-state index in [0.29, 0.717) is 24.2 Å². The first-order valence-electron chi connectivity index (χ1n) is 10.2. The standard InChI is InChI=1S/C21H25N5O5/c1-13-7-20(2,3)12-21(8-13)18(28)26(19(29)24-21)10-16(27)30-11-15-23-17(25-31-15)14-5-4-6-22-9-14/h4-6,9,13H,7-8,10-12H2,1-3H3,(H,24,29). The molecule has 0 aromatic carbocycles. The summed E-state index contributed by atoms with van der Waals surface area (Å²) in [6.07, 6.45) is 5.29. The molecule has 1 aliphatic heterocycles. The van der Waals surface area contributed by atoms with Crippen LogP contribution in [0.5, 0.6) is 0 Å². The molecule has 3 heterocycles. The minimum Gasteiger partial charge on any atom is -0.454 e. The largest absolute Gasteiger partial charge is 0.454 e. The lowest BCUT2D eigenvalue weighted by atomic mass is 9.64. The maximum absolute atomic E-state index is 13.1.